The maximum atomic E-state index is 13.3. The lowest BCUT2D eigenvalue weighted by molar-refractivity contribution is -0.123. The van der Waals surface area contributed by atoms with E-state index in [2.05, 4.69) is 73.9 Å². The van der Waals surface area contributed by atoms with Gasteiger partial charge in [-0.2, -0.15) is 0 Å². The first-order valence-corrected chi connectivity index (χ1v) is 16.5. The van der Waals surface area contributed by atoms with Gasteiger partial charge in [0.25, 0.3) is 0 Å². The number of benzene rings is 2. The lowest BCUT2D eigenvalue weighted by Crippen LogP contribution is -2.44. The number of hydrogen-bond donors (Lipinski definition) is 1. The molecule has 228 valence electrons. The van der Waals surface area contributed by atoms with Crippen molar-refractivity contribution in [1.82, 2.24) is 5.32 Å². The minimum atomic E-state index is -3.46. The second kappa shape index (κ2) is 21.4. The van der Waals surface area contributed by atoms with Crippen LogP contribution in [0.25, 0.3) is 0 Å². The molecule has 6 nitrogen and oxygen atoms in total. The Bertz CT molecular complexity index is 974. The number of ketones is 1. The highest BCUT2D eigenvalue weighted by molar-refractivity contribution is 7.55. The lowest BCUT2D eigenvalue weighted by Gasteiger charge is -2.36. The summed E-state index contributed by atoms with van der Waals surface area (Å²) in [5, 5.41) is 3.85. The lowest BCUT2D eigenvalue weighted by atomic mass is 9.79. The molecule has 1 aliphatic rings. The Balaban J connectivity index is 0.00000129. The van der Waals surface area contributed by atoms with Gasteiger partial charge in [-0.3, -0.25) is 9.36 Å². The molecule has 3 rings (SSSR count). The van der Waals surface area contributed by atoms with Gasteiger partial charge in [0.05, 0.1) is 18.8 Å². The number of carbonyl (C=O) groups excluding carboxylic acids is 1. The minimum Gasteiger partial charge on any atom is -0.374 e. The van der Waals surface area contributed by atoms with Gasteiger partial charge in [0.2, 0.25) is 0 Å². The maximum absolute atomic E-state index is 13.3. The predicted octanol–water partition coefficient (Wildman–Crippen LogP) is 8.48. The van der Waals surface area contributed by atoms with Crippen molar-refractivity contribution in [2.24, 2.45) is 0 Å². The van der Waals surface area contributed by atoms with Crippen LogP contribution in [0.1, 0.15) is 77.3 Å². The first-order chi connectivity index (χ1) is 20.0. The molecule has 1 unspecified atom stereocenters. The number of allylic oxidation sites excluding steroid dienone is 2. The number of ether oxygens (including phenoxy) is 1. The molecular weight excluding hydrogens is 533 g/mol. The van der Waals surface area contributed by atoms with Gasteiger partial charge in [-0.05, 0) is 64.1 Å². The highest BCUT2D eigenvalue weighted by Gasteiger charge is 2.42. The molecule has 2 aromatic rings. The third kappa shape index (κ3) is 11.8. The Morgan fingerprint density at radius 3 is 1.98 bits per heavy atom. The van der Waals surface area contributed by atoms with E-state index >= 15 is 0 Å². The second-order valence-electron chi connectivity index (χ2n) is 9.66. The molecule has 41 heavy (non-hydrogen) atoms. The summed E-state index contributed by atoms with van der Waals surface area (Å²) in [6.45, 7) is 15.9. The van der Waals surface area contributed by atoms with Crippen molar-refractivity contribution >= 4 is 13.4 Å². The topological polar surface area (TPSA) is 73.9 Å². The molecule has 0 saturated carbocycles. The molecule has 0 spiro atoms. The third-order valence-corrected chi connectivity index (χ3v) is 9.25. The van der Waals surface area contributed by atoms with Crippen LogP contribution in [0.3, 0.4) is 0 Å². The van der Waals surface area contributed by atoms with E-state index in [9.17, 15) is 9.36 Å². The van der Waals surface area contributed by atoms with Gasteiger partial charge in [0.15, 0.2) is 5.78 Å². The fourth-order valence-electron chi connectivity index (χ4n) is 4.79. The first kappa shape index (κ1) is 36.7. The maximum Gasteiger partial charge on any atom is 0.341 e. The SMILES string of the molecule is C/C=C\C.C=C.CCCC(NCCCCC(C(=O)COCC)P1(=O)OCCCO1)(c1ccccc1)c1ccccc1. The van der Waals surface area contributed by atoms with Gasteiger partial charge in [0.1, 0.15) is 12.3 Å². The predicted molar refractivity (Wildman–Crippen MR) is 172 cm³/mol. The fraction of sp³-hybridized carbons (Fsp3) is 0.500. The summed E-state index contributed by atoms with van der Waals surface area (Å²) in [7, 11) is -3.46. The number of unbranched alkanes of at least 4 members (excludes halogenated alkanes) is 1. The van der Waals surface area contributed by atoms with Crippen molar-refractivity contribution in [1.29, 1.82) is 0 Å². The van der Waals surface area contributed by atoms with E-state index in [4.69, 9.17) is 13.8 Å². The standard InChI is InChI=1S/C28H40NO5P.C4H8.C2H4/c1-3-19-28(24-14-7-5-8-15-24,25-16-9-6-10-17-25)29-20-12-11-18-27(26(30)23-32-4-2)35(31)33-21-13-22-34-35;1-3-4-2;1-2/h5-10,14-17,27,29H,3-4,11-13,18-23H2,1-2H3;3-4H,1-2H3;1-2H2/b;4-3-;. The largest absolute Gasteiger partial charge is 0.374 e. The van der Waals surface area contributed by atoms with E-state index in [-0.39, 0.29) is 17.9 Å². The summed E-state index contributed by atoms with van der Waals surface area (Å²) in [5.41, 5.74) is 1.43. The van der Waals surface area contributed by atoms with Crippen LogP contribution in [-0.2, 0) is 28.7 Å². The van der Waals surface area contributed by atoms with Crippen LogP contribution in [0, 0.1) is 0 Å². The van der Waals surface area contributed by atoms with Crippen LogP contribution >= 0.6 is 7.60 Å². The van der Waals surface area contributed by atoms with Crippen molar-refractivity contribution in [3.05, 3.63) is 97.1 Å². The molecule has 0 bridgehead atoms. The van der Waals surface area contributed by atoms with Gasteiger partial charge >= 0.3 is 7.60 Å². The van der Waals surface area contributed by atoms with Crippen molar-refractivity contribution in [2.45, 2.75) is 77.4 Å². The molecule has 1 atom stereocenters. The smallest absolute Gasteiger partial charge is 0.341 e. The molecule has 1 N–H and O–H groups in total. The summed E-state index contributed by atoms with van der Waals surface area (Å²) in [6, 6.07) is 21.2. The summed E-state index contributed by atoms with van der Waals surface area (Å²) in [6.07, 6.45) is 8.72. The molecule has 0 aromatic heterocycles. The number of carbonyl (C=O) groups is 1. The number of nitrogens with one attached hydrogen (secondary N) is 1. The van der Waals surface area contributed by atoms with Gasteiger partial charge < -0.3 is 19.1 Å². The minimum absolute atomic E-state index is 0.0578. The van der Waals surface area contributed by atoms with Crippen LogP contribution in [0.5, 0.6) is 0 Å². The molecule has 1 saturated heterocycles. The normalized spacial score (nSPS) is 15.2. The molecule has 2 aromatic carbocycles. The van der Waals surface area contributed by atoms with Gasteiger partial charge in [0, 0.05) is 6.61 Å². The number of rotatable bonds is 15. The third-order valence-electron chi connectivity index (χ3n) is 6.86. The van der Waals surface area contributed by atoms with Gasteiger partial charge in [-0.25, -0.2) is 0 Å². The van der Waals surface area contributed by atoms with Crippen LogP contribution in [0.15, 0.2) is 86.0 Å². The Labute approximate surface area is 249 Å². The average molecular weight is 586 g/mol. The first-order valence-electron chi connectivity index (χ1n) is 14.9. The van der Waals surface area contributed by atoms with E-state index in [1.165, 1.54) is 11.1 Å². The van der Waals surface area contributed by atoms with E-state index in [0.717, 1.165) is 32.2 Å². The van der Waals surface area contributed by atoms with Crippen LogP contribution in [0.4, 0.5) is 0 Å². The van der Waals surface area contributed by atoms with Gasteiger partial charge in [-0.1, -0.05) is 92.6 Å². The highest BCUT2D eigenvalue weighted by Crippen LogP contribution is 2.56. The Hall–Kier alpha value is -2.34. The average Bonchev–Trinajstić information content (AvgIpc) is 3.03. The molecule has 1 fully saturated rings. The number of Topliss-reactive ketones (excluding diaryl/α,β-unsaturated/α-hetero) is 1. The Morgan fingerprint density at radius 2 is 1.51 bits per heavy atom. The Kier molecular flexibility index (Phi) is 19.1. The monoisotopic (exact) mass is 585 g/mol. The summed E-state index contributed by atoms with van der Waals surface area (Å²) in [4.78, 5) is 12.8. The zero-order valence-corrected chi connectivity index (χ0v) is 26.6. The van der Waals surface area contributed by atoms with E-state index in [0.29, 0.717) is 32.7 Å². The van der Waals surface area contributed by atoms with E-state index < -0.39 is 13.3 Å². The molecule has 1 aliphatic heterocycles. The molecule has 7 heteroatoms. The van der Waals surface area contributed by atoms with Crippen molar-refractivity contribution in [3.8, 4) is 0 Å². The second-order valence-corrected chi connectivity index (χ2v) is 11.9. The Morgan fingerprint density at radius 1 is 0.976 bits per heavy atom. The van der Waals surface area contributed by atoms with Crippen molar-refractivity contribution < 1.29 is 23.1 Å². The molecule has 1 heterocycles. The molecule has 0 radical (unpaired) electrons. The van der Waals surface area contributed by atoms with Gasteiger partial charge in [-0.15, -0.1) is 13.2 Å². The highest BCUT2D eigenvalue weighted by atomic mass is 31.2. The van der Waals surface area contributed by atoms with Crippen molar-refractivity contribution in [2.75, 3.05) is 33.0 Å². The summed E-state index contributed by atoms with van der Waals surface area (Å²) in [5.74, 6) is -0.195. The van der Waals surface area contributed by atoms with Crippen LogP contribution in [-0.4, -0.2) is 44.4 Å². The zero-order valence-electron chi connectivity index (χ0n) is 25.7. The van der Waals surface area contributed by atoms with E-state index in [1.54, 1.807) is 0 Å². The summed E-state index contributed by atoms with van der Waals surface area (Å²) < 4.78 is 29.7. The summed E-state index contributed by atoms with van der Waals surface area (Å²) >= 11 is 0. The molecule has 0 aliphatic carbocycles. The molecular formula is C34H52NO5P. The van der Waals surface area contributed by atoms with Crippen LogP contribution in [0.2, 0.25) is 0 Å². The van der Waals surface area contributed by atoms with Crippen molar-refractivity contribution in [3.63, 3.8) is 0 Å². The van der Waals surface area contributed by atoms with E-state index in [1.807, 2.05) is 45.1 Å². The van der Waals surface area contributed by atoms with Crippen LogP contribution < -0.4 is 5.32 Å². The quantitative estimate of drug-likeness (QED) is 0.128. The number of hydrogen-bond acceptors (Lipinski definition) is 6. The fourth-order valence-corrected chi connectivity index (χ4v) is 6.91. The molecule has 0 amide bonds. The zero-order chi connectivity index (χ0) is 30.4.